The van der Waals surface area contributed by atoms with Gasteiger partial charge in [-0.2, -0.15) is 13.2 Å². The van der Waals surface area contributed by atoms with E-state index in [4.69, 9.17) is 0 Å². The Morgan fingerprint density at radius 2 is 1.60 bits per heavy atom. The molecule has 2 aromatic carbocycles. The zero-order valence-electron chi connectivity index (χ0n) is 10.3. The predicted octanol–water partition coefficient (Wildman–Crippen LogP) is 5.52. The second-order valence-corrected chi connectivity index (χ2v) is 5.47. The first kappa shape index (κ1) is 15.0. The minimum Gasteiger partial charge on any atom is -0.206 e. The van der Waals surface area contributed by atoms with Crippen molar-refractivity contribution in [2.45, 2.75) is 17.4 Å². The Hall–Kier alpha value is -1.36. The molecular weight excluding hydrogens is 336 g/mol. The second kappa shape index (κ2) is 5.95. The first-order chi connectivity index (χ1) is 9.39. The minimum atomic E-state index is -4.68. The summed E-state index contributed by atoms with van der Waals surface area (Å²) in [6.07, 6.45) is -4.27. The lowest BCUT2D eigenvalue weighted by atomic mass is 10.0. The van der Waals surface area contributed by atoms with Gasteiger partial charge in [0.15, 0.2) is 0 Å². The van der Waals surface area contributed by atoms with Gasteiger partial charge in [-0.3, -0.25) is 0 Å². The molecule has 0 N–H and O–H groups in total. The molecule has 0 saturated heterocycles. The average molecular weight is 347 g/mol. The van der Waals surface area contributed by atoms with Gasteiger partial charge >= 0.3 is 6.18 Å². The topological polar surface area (TPSA) is 0 Å². The summed E-state index contributed by atoms with van der Waals surface area (Å²) in [5.41, 5.74) is -0.289. The van der Waals surface area contributed by atoms with Crippen LogP contribution in [0.4, 0.5) is 17.6 Å². The van der Waals surface area contributed by atoms with Gasteiger partial charge in [-0.25, -0.2) is 4.39 Å². The van der Waals surface area contributed by atoms with Gasteiger partial charge in [0.2, 0.25) is 0 Å². The SMILES string of the molecule is Fc1c(C(Br)Cc2ccccc2)cccc1C(F)(F)F. The lowest BCUT2D eigenvalue weighted by Crippen LogP contribution is -2.11. The van der Waals surface area contributed by atoms with Gasteiger partial charge in [-0.05, 0) is 18.1 Å². The van der Waals surface area contributed by atoms with Gasteiger partial charge in [-0.1, -0.05) is 58.4 Å². The van der Waals surface area contributed by atoms with Crippen LogP contribution in [0.5, 0.6) is 0 Å². The molecule has 0 bridgehead atoms. The average Bonchev–Trinajstić information content (AvgIpc) is 2.38. The number of rotatable bonds is 3. The van der Waals surface area contributed by atoms with Gasteiger partial charge in [-0.15, -0.1) is 0 Å². The van der Waals surface area contributed by atoms with Gasteiger partial charge in [0.05, 0.1) is 5.56 Å². The number of benzene rings is 2. The molecule has 0 fully saturated rings. The van der Waals surface area contributed by atoms with Gasteiger partial charge < -0.3 is 0 Å². The fourth-order valence-corrected chi connectivity index (χ4v) is 2.67. The first-order valence-electron chi connectivity index (χ1n) is 5.93. The normalized spacial score (nSPS) is 13.2. The van der Waals surface area contributed by atoms with Crippen LogP contribution in [0, 0.1) is 5.82 Å². The van der Waals surface area contributed by atoms with E-state index in [9.17, 15) is 17.6 Å². The van der Waals surface area contributed by atoms with Crippen molar-refractivity contribution in [3.63, 3.8) is 0 Å². The number of halogens is 5. The highest BCUT2D eigenvalue weighted by atomic mass is 79.9. The summed E-state index contributed by atoms with van der Waals surface area (Å²) in [5.74, 6) is -1.21. The van der Waals surface area contributed by atoms with Crippen LogP contribution < -0.4 is 0 Å². The second-order valence-electron chi connectivity index (χ2n) is 4.36. The Balaban J connectivity index is 2.29. The van der Waals surface area contributed by atoms with Crippen LogP contribution in [0.3, 0.4) is 0 Å². The van der Waals surface area contributed by atoms with E-state index in [-0.39, 0.29) is 5.56 Å². The Morgan fingerprint density at radius 1 is 0.950 bits per heavy atom. The summed E-state index contributed by atoms with van der Waals surface area (Å²) in [6.45, 7) is 0. The van der Waals surface area contributed by atoms with Crippen LogP contribution in [-0.4, -0.2) is 0 Å². The Morgan fingerprint density at radius 3 is 2.20 bits per heavy atom. The fourth-order valence-electron chi connectivity index (χ4n) is 1.94. The third-order valence-corrected chi connectivity index (χ3v) is 3.75. The van der Waals surface area contributed by atoms with Crippen molar-refractivity contribution in [3.8, 4) is 0 Å². The van der Waals surface area contributed by atoms with E-state index in [2.05, 4.69) is 15.9 Å². The highest BCUT2D eigenvalue weighted by Crippen LogP contribution is 2.36. The van der Waals surface area contributed by atoms with Crippen molar-refractivity contribution >= 4 is 15.9 Å². The standard InChI is InChI=1S/C15H11BrF4/c16-13(9-10-5-2-1-3-6-10)11-7-4-8-12(14(11)17)15(18,19)20/h1-8,13H,9H2. The fraction of sp³-hybridized carbons (Fsp3) is 0.200. The molecule has 5 heteroatoms. The molecule has 106 valence electrons. The summed E-state index contributed by atoms with van der Waals surface area (Å²) in [7, 11) is 0. The molecule has 20 heavy (non-hydrogen) atoms. The van der Waals surface area contributed by atoms with E-state index in [0.29, 0.717) is 6.42 Å². The highest BCUT2D eigenvalue weighted by molar-refractivity contribution is 9.09. The van der Waals surface area contributed by atoms with E-state index in [0.717, 1.165) is 11.6 Å². The molecule has 0 spiro atoms. The van der Waals surface area contributed by atoms with Crippen molar-refractivity contribution in [2.24, 2.45) is 0 Å². The molecule has 0 aliphatic rings. The maximum Gasteiger partial charge on any atom is 0.419 e. The van der Waals surface area contributed by atoms with Crippen molar-refractivity contribution in [3.05, 3.63) is 71.0 Å². The Bertz CT molecular complexity index is 578. The summed E-state index contributed by atoms with van der Waals surface area (Å²) < 4.78 is 52.0. The summed E-state index contributed by atoms with van der Waals surface area (Å²) in [6, 6.07) is 12.5. The molecule has 2 rings (SSSR count). The zero-order valence-corrected chi connectivity index (χ0v) is 11.9. The predicted molar refractivity (Wildman–Crippen MR) is 73.2 cm³/mol. The van der Waals surface area contributed by atoms with Crippen molar-refractivity contribution in [1.82, 2.24) is 0 Å². The lowest BCUT2D eigenvalue weighted by molar-refractivity contribution is -0.140. The monoisotopic (exact) mass is 346 g/mol. The Kier molecular flexibility index (Phi) is 4.48. The van der Waals surface area contributed by atoms with E-state index < -0.39 is 22.4 Å². The molecule has 0 saturated carbocycles. The summed E-state index contributed by atoms with van der Waals surface area (Å²) in [5, 5.41) is 0. The van der Waals surface area contributed by atoms with E-state index >= 15 is 0 Å². The smallest absolute Gasteiger partial charge is 0.206 e. The molecule has 0 amide bonds. The van der Waals surface area contributed by atoms with Crippen LogP contribution in [0.25, 0.3) is 0 Å². The molecule has 0 aliphatic heterocycles. The molecule has 0 radical (unpaired) electrons. The molecule has 1 atom stereocenters. The number of hydrogen-bond donors (Lipinski definition) is 0. The first-order valence-corrected chi connectivity index (χ1v) is 6.84. The van der Waals surface area contributed by atoms with Crippen molar-refractivity contribution in [1.29, 1.82) is 0 Å². The van der Waals surface area contributed by atoms with Crippen LogP contribution in [-0.2, 0) is 12.6 Å². The molecule has 0 nitrogen and oxygen atoms in total. The van der Waals surface area contributed by atoms with E-state index in [1.165, 1.54) is 12.1 Å². The van der Waals surface area contributed by atoms with Gasteiger partial charge in [0.25, 0.3) is 0 Å². The third-order valence-electron chi connectivity index (χ3n) is 2.93. The van der Waals surface area contributed by atoms with Crippen molar-refractivity contribution < 1.29 is 17.6 Å². The third kappa shape index (κ3) is 3.39. The largest absolute Gasteiger partial charge is 0.419 e. The van der Waals surface area contributed by atoms with Crippen molar-refractivity contribution in [2.75, 3.05) is 0 Å². The van der Waals surface area contributed by atoms with Crippen LogP contribution in [0.2, 0.25) is 0 Å². The lowest BCUT2D eigenvalue weighted by Gasteiger charge is -2.15. The quantitative estimate of drug-likeness (QED) is 0.506. The summed E-state index contributed by atoms with van der Waals surface area (Å²) in [4.78, 5) is -0.507. The molecule has 0 aromatic heterocycles. The van der Waals surface area contributed by atoms with Crippen LogP contribution >= 0.6 is 15.9 Å². The molecule has 0 aliphatic carbocycles. The van der Waals surface area contributed by atoms with Crippen LogP contribution in [0.1, 0.15) is 21.5 Å². The highest BCUT2D eigenvalue weighted by Gasteiger charge is 2.35. The maximum atomic E-state index is 14.0. The Labute approximate surface area is 122 Å². The molecule has 0 heterocycles. The molecule has 2 aromatic rings. The van der Waals surface area contributed by atoms with Gasteiger partial charge in [0.1, 0.15) is 5.82 Å². The van der Waals surface area contributed by atoms with Crippen LogP contribution in [0.15, 0.2) is 48.5 Å². The maximum absolute atomic E-state index is 14.0. The van der Waals surface area contributed by atoms with E-state index in [1.807, 2.05) is 30.3 Å². The molecular formula is C15H11BrF4. The summed E-state index contributed by atoms with van der Waals surface area (Å²) >= 11 is 3.27. The molecule has 1 unspecified atom stereocenters. The number of hydrogen-bond acceptors (Lipinski definition) is 0. The van der Waals surface area contributed by atoms with Gasteiger partial charge in [0, 0.05) is 10.4 Å². The number of alkyl halides is 4. The van der Waals surface area contributed by atoms with E-state index in [1.54, 1.807) is 0 Å². The minimum absolute atomic E-state index is 0.0173. The zero-order chi connectivity index (χ0) is 14.8.